The molecule has 2 N–H and O–H groups in total. The Bertz CT molecular complexity index is 849. The molecule has 0 bridgehead atoms. The number of hydrogen-bond donors (Lipinski definition) is 2. The molecule has 0 radical (unpaired) electrons. The molecule has 1 atom stereocenters. The average molecular weight is 350 g/mol. The van der Waals surface area contributed by atoms with Gasteiger partial charge >= 0.3 is 6.18 Å². The first-order valence-corrected chi connectivity index (χ1v) is 7.35. The monoisotopic (exact) mass is 350 g/mol. The quantitative estimate of drug-likeness (QED) is 0.868. The lowest BCUT2D eigenvalue weighted by Gasteiger charge is -2.23. The molecule has 0 aromatic heterocycles. The maximum Gasteiger partial charge on any atom is 0.417 e. The molecule has 0 fully saturated rings. The fourth-order valence-electron chi connectivity index (χ4n) is 2.41. The number of amides is 2. The standard InChI is InChI=1S/C17H13F3N2O3/c1-9-15(23)22-13-8-10(6-7-14(13)25-9)21-16(24)11-4-2-3-5-12(11)17(18,19)20/h2-9H,1H3,(H,21,24)(H,22,23). The number of carbonyl (C=O) groups is 2. The normalized spacial score (nSPS) is 16.5. The van der Waals surface area contributed by atoms with E-state index in [0.717, 1.165) is 12.1 Å². The zero-order chi connectivity index (χ0) is 18.2. The van der Waals surface area contributed by atoms with Crippen molar-refractivity contribution in [1.82, 2.24) is 0 Å². The minimum atomic E-state index is -4.64. The first-order chi connectivity index (χ1) is 11.8. The van der Waals surface area contributed by atoms with Crippen LogP contribution in [0.3, 0.4) is 0 Å². The summed E-state index contributed by atoms with van der Waals surface area (Å²) in [4.78, 5) is 23.9. The van der Waals surface area contributed by atoms with Crippen molar-refractivity contribution in [2.75, 3.05) is 10.6 Å². The van der Waals surface area contributed by atoms with E-state index in [4.69, 9.17) is 4.74 Å². The van der Waals surface area contributed by atoms with Gasteiger partial charge in [0.25, 0.3) is 11.8 Å². The predicted octanol–water partition coefficient (Wildman–Crippen LogP) is 3.68. The maximum absolute atomic E-state index is 13.0. The van der Waals surface area contributed by atoms with Crippen LogP contribution in [-0.2, 0) is 11.0 Å². The third-order valence-corrected chi connectivity index (χ3v) is 3.65. The highest BCUT2D eigenvalue weighted by atomic mass is 19.4. The van der Waals surface area contributed by atoms with E-state index >= 15 is 0 Å². The number of nitrogens with one attached hydrogen (secondary N) is 2. The van der Waals surface area contributed by atoms with Gasteiger partial charge in [0.2, 0.25) is 0 Å². The fraction of sp³-hybridized carbons (Fsp3) is 0.176. The molecule has 1 unspecified atom stereocenters. The summed E-state index contributed by atoms with van der Waals surface area (Å²) in [5, 5.41) is 5.00. The molecule has 1 aliphatic rings. The van der Waals surface area contributed by atoms with Crippen molar-refractivity contribution in [1.29, 1.82) is 0 Å². The number of anilines is 2. The molecule has 0 spiro atoms. The lowest BCUT2D eigenvalue weighted by molar-refractivity contribution is -0.137. The van der Waals surface area contributed by atoms with E-state index in [2.05, 4.69) is 10.6 Å². The lowest BCUT2D eigenvalue weighted by atomic mass is 10.1. The number of benzene rings is 2. The molecular weight excluding hydrogens is 337 g/mol. The van der Waals surface area contributed by atoms with Crippen LogP contribution < -0.4 is 15.4 Å². The summed E-state index contributed by atoms with van der Waals surface area (Å²) in [6.45, 7) is 1.59. The van der Waals surface area contributed by atoms with Crippen LogP contribution in [0, 0.1) is 0 Å². The van der Waals surface area contributed by atoms with Crippen LogP contribution in [-0.4, -0.2) is 17.9 Å². The van der Waals surface area contributed by atoms with E-state index in [-0.39, 0.29) is 11.6 Å². The molecule has 130 valence electrons. The second-order valence-corrected chi connectivity index (χ2v) is 5.46. The Kier molecular flexibility index (Phi) is 4.12. The molecule has 2 aromatic rings. The molecule has 0 aliphatic carbocycles. The summed E-state index contributed by atoms with van der Waals surface area (Å²) in [5.74, 6) is -0.830. The minimum Gasteiger partial charge on any atom is -0.479 e. The Morgan fingerprint density at radius 1 is 1.20 bits per heavy atom. The number of fused-ring (bicyclic) bond motifs is 1. The van der Waals surface area contributed by atoms with Gasteiger partial charge in [-0.05, 0) is 37.3 Å². The van der Waals surface area contributed by atoms with Crippen LogP contribution in [0.2, 0.25) is 0 Å². The molecule has 0 saturated heterocycles. The van der Waals surface area contributed by atoms with Crippen LogP contribution in [0.4, 0.5) is 24.5 Å². The van der Waals surface area contributed by atoms with Crippen LogP contribution >= 0.6 is 0 Å². The molecule has 2 aromatic carbocycles. The van der Waals surface area contributed by atoms with E-state index in [9.17, 15) is 22.8 Å². The second kappa shape index (κ2) is 6.12. The topological polar surface area (TPSA) is 67.4 Å². The smallest absolute Gasteiger partial charge is 0.417 e. The van der Waals surface area contributed by atoms with Gasteiger partial charge in [-0.15, -0.1) is 0 Å². The molecule has 1 heterocycles. The Balaban J connectivity index is 1.86. The summed E-state index contributed by atoms with van der Waals surface area (Å²) in [7, 11) is 0. The summed E-state index contributed by atoms with van der Waals surface area (Å²) < 4.78 is 44.4. The van der Waals surface area contributed by atoms with Crippen molar-refractivity contribution in [3.8, 4) is 5.75 Å². The van der Waals surface area contributed by atoms with Crippen molar-refractivity contribution in [2.45, 2.75) is 19.2 Å². The van der Waals surface area contributed by atoms with E-state index in [1.54, 1.807) is 6.92 Å². The number of halogens is 3. The Hall–Kier alpha value is -3.03. The van der Waals surface area contributed by atoms with Crippen LogP contribution in [0.25, 0.3) is 0 Å². The lowest BCUT2D eigenvalue weighted by Crippen LogP contribution is -2.34. The van der Waals surface area contributed by atoms with Gasteiger partial charge in [0.05, 0.1) is 16.8 Å². The SMILES string of the molecule is CC1Oc2ccc(NC(=O)c3ccccc3C(F)(F)F)cc2NC1=O. The molecule has 2 amide bonds. The van der Waals surface area contributed by atoms with Crippen LogP contribution in [0.15, 0.2) is 42.5 Å². The number of carbonyl (C=O) groups excluding carboxylic acids is 2. The summed E-state index contributed by atoms with van der Waals surface area (Å²) in [6, 6.07) is 8.94. The average Bonchev–Trinajstić information content (AvgIpc) is 2.55. The first kappa shape index (κ1) is 16.8. The zero-order valence-corrected chi connectivity index (χ0v) is 13.0. The third kappa shape index (κ3) is 3.42. The van der Waals surface area contributed by atoms with Crippen molar-refractivity contribution in [3.05, 3.63) is 53.6 Å². The van der Waals surface area contributed by atoms with Crippen molar-refractivity contribution in [3.63, 3.8) is 0 Å². The molecular formula is C17H13F3N2O3. The van der Waals surface area contributed by atoms with E-state index in [1.807, 2.05) is 0 Å². The van der Waals surface area contributed by atoms with Crippen LogP contribution in [0.5, 0.6) is 5.75 Å². The largest absolute Gasteiger partial charge is 0.479 e. The third-order valence-electron chi connectivity index (χ3n) is 3.65. The molecule has 0 saturated carbocycles. The molecule has 5 nitrogen and oxygen atoms in total. The van der Waals surface area contributed by atoms with E-state index < -0.39 is 29.3 Å². The zero-order valence-electron chi connectivity index (χ0n) is 13.0. The number of hydrogen-bond acceptors (Lipinski definition) is 3. The summed E-state index contributed by atoms with van der Waals surface area (Å²) >= 11 is 0. The Morgan fingerprint density at radius 3 is 2.64 bits per heavy atom. The van der Waals surface area contributed by atoms with Gasteiger partial charge in [-0.2, -0.15) is 13.2 Å². The van der Waals surface area contributed by atoms with E-state index in [0.29, 0.717) is 11.4 Å². The highest BCUT2D eigenvalue weighted by molar-refractivity contribution is 6.06. The fourth-order valence-corrected chi connectivity index (χ4v) is 2.41. The van der Waals surface area contributed by atoms with Crippen molar-refractivity contribution < 1.29 is 27.5 Å². The highest BCUT2D eigenvalue weighted by Gasteiger charge is 2.35. The predicted molar refractivity (Wildman–Crippen MR) is 84.6 cm³/mol. The maximum atomic E-state index is 13.0. The van der Waals surface area contributed by atoms with Crippen LogP contribution in [0.1, 0.15) is 22.8 Å². The van der Waals surface area contributed by atoms with Crippen molar-refractivity contribution in [2.24, 2.45) is 0 Å². The van der Waals surface area contributed by atoms with Gasteiger partial charge in [0.15, 0.2) is 6.10 Å². The number of rotatable bonds is 2. The van der Waals surface area contributed by atoms with Gasteiger partial charge in [-0.3, -0.25) is 9.59 Å². The van der Waals surface area contributed by atoms with Gasteiger partial charge in [0, 0.05) is 5.69 Å². The molecule has 1 aliphatic heterocycles. The Labute approximate surface area is 140 Å². The summed E-state index contributed by atoms with van der Waals surface area (Å²) in [5.41, 5.74) is -0.929. The minimum absolute atomic E-state index is 0.235. The van der Waals surface area contributed by atoms with Gasteiger partial charge < -0.3 is 15.4 Å². The van der Waals surface area contributed by atoms with Gasteiger partial charge in [-0.1, -0.05) is 12.1 Å². The Morgan fingerprint density at radius 2 is 1.92 bits per heavy atom. The highest BCUT2D eigenvalue weighted by Crippen LogP contribution is 2.34. The number of ether oxygens (including phenoxy) is 1. The van der Waals surface area contributed by atoms with Crippen molar-refractivity contribution >= 4 is 23.2 Å². The van der Waals surface area contributed by atoms with Gasteiger partial charge in [-0.25, -0.2) is 0 Å². The summed E-state index contributed by atoms with van der Waals surface area (Å²) in [6.07, 6.45) is -5.28. The molecule has 3 rings (SSSR count). The van der Waals surface area contributed by atoms with E-state index in [1.165, 1.54) is 30.3 Å². The molecule has 8 heteroatoms. The first-order valence-electron chi connectivity index (χ1n) is 7.35. The molecule has 25 heavy (non-hydrogen) atoms. The van der Waals surface area contributed by atoms with Gasteiger partial charge in [0.1, 0.15) is 5.75 Å². The number of alkyl halides is 3. The second-order valence-electron chi connectivity index (χ2n) is 5.46.